The topological polar surface area (TPSA) is 21.3 Å². The number of ether oxygens (including phenoxy) is 1. The van der Waals surface area contributed by atoms with Crippen molar-refractivity contribution in [3.05, 3.63) is 28.2 Å². The van der Waals surface area contributed by atoms with Crippen LogP contribution in [0, 0.1) is 5.92 Å². The Balaban J connectivity index is 3.43. The Kier molecular flexibility index (Phi) is 5.54. The Morgan fingerprint density at radius 2 is 1.62 bits per heavy atom. The average Bonchev–Trinajstić information content (AvgIpc) is 2.32. The predicted molar refractivity (Wildman–Crippen MR) is 68.1 cm³/mol. The van der Waals surface area contributed by atoms with Gasteiger partial charge in [0.1, 0.15) is 5.75 Å². The van der Waals surface area contributed by atoms with Gasteiger partial charge >= 0.3 is 12.4 Å². The summed E-state index contributed by atoms with van der Waals surface area (Å²) in [5, 5.41) is 2.09. The van der Waals surface area contributed by atoms with Gasteiger partial charge in [-0.3, -0.25) is 0 Å². The molecule has 0 aromatic heterocycles. The Bertz CT molecular complexity index is 474. The fourth-order valence-corrected chi connectivity index (χ4v) is 2.39. The van der Waals surface area contributed by atoms with Gasteiger partial charge in [0.25, 0.3) is 0 Å². The minimum atomic E-state index is -5.45. The maximum Gasteiger partial charge on any atom is 0.402 e. The molecule has 0 saturated carbocycles. The molecule has 0 fully saturated rings. The van der Waals surface area contributed by atoms with Crippen molar-refractivity contribution in [1.29, 1.82) is 0 Å². The number of benzene rings is 1. The van der Waals surface area contributed by atoms with Gasteiger partial charge in [-0.25, -0.2) is 0 Å². The molecule has 1 aromatic carbocycles. The number of halogens is 7. The van der Waals surface area contributed by atoms with E-state index >= 15 is 0 Å². The van der Waals surface area contributed by atoms with E-state index in [1.54, 1.807) is 0 Å². The Morgan fingerprint density at radius 3 is 2.00 bits per heavy atom. The lowest BCUT2D eigenvalue weighted by atomic mass is 9.91. The summed E-state index contributed by atoms with van der Waals surface area (Å²) < 4.78 is 82.4. The molecule has 0 heterocycles. The lowest BCUT2D eigenvalue weighted by Crippen LogP contribution is -2.45. The molecule has 0 saturated heterocycles. The largest absolute Gasteiger partial charge is 0.496 e. The van der Waals surface area contributed by atoms with E-state index in [-0.39, 0.29) is 11.3 Å². The summed E-state index contributed by atoms with van der Waals surface area (Å²) >= 11 is 3.03. The van der Waals surface area contributed by atoms with Crippen molar-refractivity contribution in [2.45, 2.75) is 18.4 Å². The molecular formula is C12H12BrF6NO. The van der Waals surface area contributed by atoms with Crippen molar-refractivity contribution < 1.29 is 31.1 Å². The molecule has 0 aliphatic heterocycles. The van der Waals surface area contributed by atoms with Crippen molar-refractivity contribution in [2.75, 3.05) is 14.2 Å². The molecule has 0 radical (unpaired) electrons. The Morgan fingerprint density at radius 1 is 1.10 bits per heavy atom. The highest BCUT2D eigenvalue weighted by molar-refractivity contribution is 9.10. The van der Waals surface area contributed by atoms with E-state index < -0.39 is 24.3 Å². The number of hydrogen-bond donors (Lipinski definition) is 1. The van der Waals surface area contributed by atoms with Crippen molar-refractivity contribution in [1.82, 2.24) is 5.32 Å². The summed E-state index contributed by atoms with van der Waals surface area (Å²) in [7, 11) is 2.21. The van der Waals surface area contributed by atoms with Crippen LogP contribution in [0.1, 0.15) is 11.6 Å². The monoisotopic (exact) mass is 379 g/mol. The Hall–Kier alpha value is -0.960. The van der Waals surface area contributed by atoms with Gasteiger partial charge in [0.2, 0.25) is 0 Å². The highest BCUT2D eigenvalue weighted by Crippen LogP contribution is 2.48. The number of rotatable bonds is 4. The molecule has 1 unspecified atom stereocenters. The van der Waals surface area contributed by atoms with Crippen molar-refractivity contribution in [3.8, 4) is 5.75 Å². The lowest BCUT2D eigenvalue weighted by Gasteiger charge is -2.31. The zero-order valence-electron chi connectivity index (χ0n) is 10.9. The van der Waals surface area contributed by atoms with Gasteiger partial charge in [0.15, 0.2) is 5.92 Å². The van der Waals surface area contributed by atoms with E-state index in [1.807, 2.05) is 0 Å². The highest BCUT2D eigenvalue weighted by Gasteiger charge is 2.60. The molecule has 21 heavy (non-hydrogen) atoms. The van der Waals surface area contributed by atoms with Gasteiger partial charge in [-0.1, -0.05) is 15.9 Å². The van der Waals surface area contributed by atoms with Crippen LogP contribution in [0.4, 0.5) is 26.3 Å². The molecule has 9 heteroatoms. The molecule has 0 spiro atoms. The lowest BCUT2D eigenvalue weighted by molar-refractivity contribution is -0.292. The molecule has 0 bridgehead atoms. The summed E-state index contributed by atoms with van der Waals surface area (Å²) in [5.41, 5.74) is -0.228. The molecule has 1 atom stereocenters. The number of nitrogens with one attached hydrogen (secondary N) is 1. The van der Waals surface area contributed by atoms with Gasteiger partial charge in [0.05, 0.1) is 13.2 Å². The second kappa shape index (κ2) is 6.43. The van der Waals surface area contributed by atoms with Crippen LogP contribution in [-0.4, -0.2) is 26.5 Å². The van der Waals surface area contributed by atoms with Crippen LogP contribution in [0.5, 0.6) is 5.75 Å². The summed E-state index contributed by atoms with van der Waals surface area (Å²) in [6.07, 6.45) is -10.9. The number of hydrogen-bond acceptors (Lipinski definition) is 2. The fraction of sp³-hybridized carbons (Fsp3) is 0.500. The standard InChI is InChI=1S/C12H12BrF6NO/c1-20-9(10(11(14,15)16)12(17,18)19)7-5-6(13)3-4-8(7)21-2/h3-5,9-10,20H,1-2H3. The van der Waals surface area contributed by atoms with E-state index in [9.17, 15) is 26.3 Å². The van der Waals surface area contributed by atoms with Crippen molar-refractivity contribution in [2.24, 2.45) is 5.92 Å². The molecule has 0 aliphatic rings. The smallest absolute Gasteiger partial charge is 0.402 e. The van der Waals surface area contributed by atoms with Crippen LogP contribution >= 0.6 is 15.9 Å². The van der Waals surface area contributed by atoms with E-state index in [4.69, 9.17) is 4.74 Å². The van der Waals surface area contributed by atoms with Crippen LogP contribution in [-0.2, 0) is 0 Å². The van der Waals surface area contributed by atoms with E-state index in [0.717, 1.165) is 7.05 Å². The van der Waals surface area contributed by atoms with E-state index in [2.05, 4.69) is 21.2 Å². The van der Waals surface area contributed by atoms with Crippen molar-refractivity contribution >= 4 is 15.9 Å². The average molecular weight is 380 g/mol. The van der Waals surface area contributed by atoms with Gasteiger partial charge in [-0.05, 0) is 25.2 Å². The molecule has 120 valence electrons. The minimum absolute atomic E-state index is 0.0592. The first-order valence-electron chi connectivity index (χ1n) is 5.66. The zero-order chi connectivity index (χ0) is 16.4. The minimum Gasteiger partial charge on any atom is -0.496 e. The van der Waals surface area contributed by atoms with E-state index in [0.29, 0.717) is 4.47 Å². The second-order valence-corrected chi connectivity index (χ2v) is 5.13. The molecule has 0 amide bonds. The first-order valence-corrected chi connectivity index (χ1v) is 6.45. The van der Waals surface area contributed by atoms with Gasteiger partial charge in [-0.2, -0.15) is 26.3 Å². The van der Waals surface area contributed by atoms with E-state index in [1.165, 1.54) is 25.3 Å². The van der Waals surface area contributed by atoms with Crippen molar-refractivity contribution in [3.63, 3.8) is 0 Å². The Labute approximate surface area is 125 Å². The quantitative estimate of drug-likeness (QED) is 0.779. The molecule has 2 nitrogen and oxygen atoms in total. The maximum atomic E-state index is 12.9. The van der Waals surface area contributed by atoms with Crippen LogP contribution < -0.4 is 10.1 Å². The number of methoxy groups -OCH3 is 1. The van der Waals surface area contributed by atoms with Crippen LogP contribution in [0.3, 0.4) is 0 Å². The van der Waals surface area contributed by atoms with Crippen LogP contribution in [0.25, 0.3) is 0 Å². The first-order chi connectivity index (χ1) is 9.52. The molecule has 0 aliphatic carbocycles. The zero-order valence-corrected chi connectivity index (χ0v) is 12.5. The summed E-state index contributed by atoms with van der Waals surface area (Å²) in [6, 6.07) is 1.92. The third-order valence-electron chi connectivity index (χ3n) is 2.88. The van der Waals surface area contributed by atoms with Crippen LogP contribution in [0.2, 0.25) is 0 Å². The first kappa shape index (κ1) is 18.1. The summed E-state index contributed by atoms with van der Waals surface area (Å²) in [6.45, 7) is 0. The third-order valence-corrected chi connectivity index (χ3v) is 3.37. The molecule has 1 N–H and O–H groups in total. The molecule has 1 aromatic rings. The van der Waals surface area contributed by atoms with Gasteiger partial charge in [0, 0.05) is 10.0 Å². The third kappa shape index (κ3) is 4.26. The molecular weight excluding hydrogens is 368 g/mol. The maximum absolute atomic E-state index is 12.9. The predicted octanol–water partition coefficient (Wildman–Crippen LogP) is 4.46. The summed E-state index contributed by atoms with van der Waals surface area (Å²) in [5.74, 6) is -3.60. The summed E-state index contributed by atoms with van der Waals surface area (Å²) in [4.78, 5) is 0. The SMILES string of the molecule is CNC(c1cc(Br)ccc1OC)C(C(F)(F)F)C(F)(F)F. The second-order valence-electron chi connectivity index (χ2n) is 4.21. The van der Waals surface area contributed by atoms with Gasteiger partial charge in [-0.15, -0.1) is 0 Å². The van der Waals surface area contributed by atoms with Crippen LogP contribution in [0.15, 0.2) is 22.7 Å². The number of alkyl halides is 6. The fourth-order valence-electron chi connectivity index (χ4n) is 2.01. The highest BCUT2D eigenvalue weighted by atomic mass is 79.9. The molecule has 1 rings (SSSR count). The van der Waals surface area contributed by atoms with Gasteiger partial charge < -0.3 is 10.1 Å². The normalized spacial score (nSPS) is 14.4.